The van der Waals surface area contributed by atoms with Crippen LogP contribution in [0.5, 0.6) is 0 Å². The average molecular weight is 366 g/mol. The lowest BCUT2D eigenvalue weighted by Gasteiger charge is -2.20. The summed E-state index contributed by atoms with van der Waals surface area (Å²) >= 11 is 5.93. The van der Waals surface area contributed by atoms with Crippen molar-refractivity contribution in [3.05, 3.63) is 34.6 Å². The number of benzene rings is 1. The first-order chi connectivity index (χ1) is 10.8. The third-order valence-corrected chi connectivity index (χ3v) is 5.56. The molecule has 1 N–H and O–H groups in total. The molecule has 0 bridgehead atoms. The van der Waals surface area contributed by atoms with E-state index in [9.17, 15) is 12.8 Å². The van der Waals surface area contributed by atoms with E-state index in [2.05, 4.69) is 23.5 Å². The first-order valence-electron chi connectivity index (χ1n) is 7.68. The predicted octanol–water partition coefficient (Wildman–Crippen LogP) is 2.48. The van der Waals surface area contributed by atoms with Gasteiger partial charge < -0.3 is 4.90 Å². The molecule has 0 aliphatic rings. The molecule has 0 amide bonds. The molecule has 132 valence electrons. The summed E-state index contributed by atoms with van der Waals surface area (Å²) in [6, 6.07) is 4.29. The first kappa shape index (κ1) is 20.3. The largest absolute Gasteiger partial charge is 0.304 e. The molecular formula is C15H25ClFN3O2S. The number of halogens is 2. The molecule has 1 aromatic carbocycles. The van der Waals surface area contributed by atoms with Gasteiger partial charge in [-0.1, -0.05) is 31.5 Å². The van der Waals surface area contributed by atoms with Crippen LogP contribution in [0.25, 0.3) is 0 Å². The summed E-state index contributed by atoms with van der Waals surface area (Å²) in [6.45, 7) is 7.08. The Labute approximate surface area is 143 Å². The topological polar surface area (TPSA) is 52.7 Å². The Morgan fingerprint density at radius 1 is 1.26 bits per heavy atom. The van der Waals surface area contributed by atoms with Crippen molar-refractivity contribution in [2.24, 2.45) is 0 Å². The van der Waals surface area contributed by atoms with Crippen molar-refractivity contribution in [3.8, 4) is 0 Å². The van der Waals surface area contributed by atoms with Crippen LogP contribution in [0.2, 0.25) is 5.02 Å². The molecule has 0 unspecified atom stereocenters. The van der Waals surface area contributed by atoms with Crippen molar-refractivity contribution >= 4 is 21.8 Å². The van der Waals surface area contributed by atoms with Crippen LogP contribution in [-0.4, -0.2) is 50.8 Å². The van der Waals surface area contributed by atoms with Crippen LogP contribution in [0.15, 0.2) is 18.2 Å². The van der Waals surface area contributed by atoms with Crippen molar-refractivity contribution in [1.29, 1.82) is 0 Å². The van der Waals surface area contributed by atoms with Crippen molar-refractivity contribution in [1.82, 2.24) is 13.9 Å². The molecule has 23 heavy (non-hydrogen) atoms. The lowest BCUT2D eigenvalue weighted by atomic mass is 10.2. The number of rotatable bonds is 10. The SMILES string of the molecule is CCN(CC)CCCNS(=O)(=O)N(C)Cc1c(F)cccc1Cl. The van der Waals surface area contributed by atoms with Gasteiger partial charge in [-0.15, -0.1) is 0 Å². The molecular weight excluding hydrogens is 341 g/mol. The third-order valence-electron chi connectivity index (χ3n) is 3.68. The van der Waals surface area contributed by atoms with Crippen molar-refractivity contribution in [2.75, 3.05) is 33.2 Å². The fourth-order valence-corrected chi connectivity index (χ4v) is 3.29. The van der Waals surface area contributed by atoms with Crippen LogP contribution in [0.3, 0.4) is 0 Å². The summed E-state index contributed by atoms with van der Waals surface area (Å²) in [5, 5.41) is 0.216. The molecule has 0 spiro atoms. The molecule has 0 radical (unpaired) electrons. The normalized spacial score (nSPS) is 12.3. The molecule has 0 fully saturated rings. The Balaban J connectivity index is 2.56. The van der Waals surface area contributed by atoms with Gasteiger partial charge in [-0.25, -0.2) is 9.11 Å². The molecule has 0 aromatic heterocycles. The van der Waals surface area contributed by atoms with E-state index >= 15 is 0 Å². The zero-order valence-corrected chi connectivity index (χ0v) is 15.4. The van der Waals surface area contributed by atoms with Gasteiger partial charge in [-0.2, -0.15) is 12.7 Å². The van der Waals surface area contributed by atoms with Gasteiger partial charge in [0.25, 0.3) is 10.2 Å². The Morgan fingerprint density at radius 3 is 2.48 bits per heavy atom. The van der Waals surface area contributed by atoms with Crippen molar-refractivity contribution in [3.63, 3.8) is 0 Å². The first-order valence-corrected chi connectivity index (χ1v) is 9.49. The fraction of sp³-hybridized carbons (Fsp3) is 0.600. The van der Waals surface area contributed by atoms with E-state index in [1.807, 2.05) is 0 Å². The van der Waals surface area contributed by atoms with Gasteiger partial charge in [0.15, 0.2) is 0 Å². The molecule has 0 atom stereocenters. The summed E-state index contributed by atoms with van der Waals surface area (Å²) < 4.78 is 41.7. The van der Waals surface area contributed by atoms with Crippen LogP contribution < -0.4 is 4.72 Å². The minimum Gasteiger partial charge on any atom is -0.304 e. The zero-order chi connectivity index (χ0) is 17.5. The third kappa shape index (κ3) is 6.35. The Morgan fingerprint density at radius 2 is 1.91 bits per heavy atom. The lowest BCUT2D eigenvalue weighted by molar-refractivity contribution is 0.300. The Bertz CT molecular complexity index is 574. The highest BCUT2D eigenvalue weighted by Crippen LogP contribution is 2.20. The summed E-state index contributed by atoms with van der Waals surface area (Å²) in [6.07, 6.45) is 0.717. The van der Waals surface area contributed by atoms with Crippen LogP contribution in [0.4, 0.5) is 4.39 Å². The maximum absolute atomic E-state index is 13.7. The van der Waals surface area contributed by atoms with Gasteiger partial charge in [0.05, 0.1) is 0 Å². The molecule has 0 aliphatic heterocycles. The van der Waals surface area contributed by atoms with Crippen molar-refractivity contribution < 1.29 is 12.8 Å². The van der Waals surface area contributed by atoms with Crippen LogP contribution >= 0.6 is 11.6 Å². The van der Waals surface area contributed by atoms with E-state index in [0.29, 0.717) is 6.54 Å². The molecule has 1 aromatic rings. The monoisotopic (exact) mass is 365 g/mol. The summed E-state index contributed by atoms with van der Waals surface area (Å²) in [4.78, 5) is 2.22. The van der Waals surface area contributed by atoms with Gasteiger partial charge in [0.1, 0.15) is 5.82 Å². The van der Waals surface area contributed by atoms with Crippen molar-refractivity contribution in [2.45, 2.75) is 26.8 Å². The van der Waals surface area contributed by atoms with E-state index in [1.165, 1.54) is 25.2 Å². The fourth-order valence-electron chi connectivity index (χ4n) is 2.14. The molecule has 0 aliphatic carbocycles. The van der Waals surface area contributed by atoms with E-state index in [-0.39, 0.29) is 17.1 Å². The van der Waals surface area contributed by atoms with Crippen LogP contribution in [0.1, 0.15) is 25.8 Å². The minimum absolute atomic E-state index is 0.114. The van der Waals surface area contributed by atoms with Gasteiger partial charge in [-0.3, -0.25) is 0 Å². The number of hydrogen-bond donors (Lipinski definition) is 1. The minimum atomic E-state index is -3.66. The molecule has 0 saturated carbocycles. The Kier molecular flexibility index (Phi) is 8.42. The van der Waals surface area contributed by atoms with Gasteiger partial charge in [0.2, 0.25) is 0 Å². The smallest absolute Gasteiger partial charge is 0.279 e. The van der Waals surface area contributed by atoms with E-state index < -0.39 is 16.0 Å². The number of hydrogen-bond acceptors (Lipinski definition) is 3. The molecule has 0 saturated heterocycles. The quantitative estimate of drug-likeness (QED) is 0.648. The zero-order valence-electron chi connectivity index (χ0n) is 13.8. The highest BCUT2D eigenvalue weighted by atomic mass is 35.5. The van der Waals surface area contributed by atoms with E-state index in [1.54, 1.807) is 0 Å². The Hall–Kier alpha value is -0.730. The highest BCUT2D eigenvalue weighted by Gasteiger charge is 2.20. The van der Waals surface area contributed by atoms with Crippen LogP contribution in [-0.2, 0) is 16.8 Å². The predicted molar refractivity (Wildman–Crippen MR) is 92.2 cm³/mol. The standard InChI is InChI=1S/C15H25ClFN3O2S/c1-4-20(5-2)11-7-10-18-23(21,22)19(3)12-13-14(16)8-6-9-15(13)17/h6,8-9,18H,4-5,7,10-12H2,1-3H3. The van der Waals surface area contributed by atoms with Gasteiger partial charge in [0, 0.05) is 30.7 Å². The lowest BCUT2D eigenvalue weighted by Crippen LogP contribution is -2.39. The molecule has 1 rings (SSSR count). The highest BCUT2D eigenvalue weighted by molar-refractivity contribution is 7.87. The van der Waals surface area contributed by atoms with Crippen LogP contribution in [0, 0.1) is 5.82 Å². The summed E-state index contributed by atoms with van der Waals surface area (Å²) in [5.74, 6) is -0.513. The number of nitrogens with zero attached hydrogens (tertiary/aromatic N) is 2. The maximum Gasteiger partial charge on any atom is 0.279 e. The summed E-state index contributed by atoms with van der Waals surface area (Å²) in [5.41, 5.74) is 0.171. The van der Waals surface area contributed by atoms with Gasteiger partial charge >= 0.3 is 0 Å². The van der Waals surface area contributed by atoms with Gasteiger partial charge in [-0.05, 0) is 38.2 Å². The average Bonchev–Trinajstić information content (AvgIpc) is 2.51. The molecule has 8 heteroatoms. The second kappa shape index (κ2) is 9.54. The van der Waals surface area contributed by atoms with E-state index in [4.69, 9.17) is 11.6 Å². The summed E-state index contributed by atoms with van der Waals surface area (Å²) in [7, 11) is -2.27. The molecule has 5 nitrogen and oxygen atoms in total. The maximum atomic E-state index is 13.7. The van der Waals surface area contributed by atoms with E-state index in [0.717, 1.165) is 30.4 Å². The second-order valence-electron chi connectivity index (χ2n) is 5.24. The second-order valence-corrected chi connectivity index (χ2v) is 7.51. The molecule has 0 heterocycles. The number of nitrogens with one attached hydrogen (secondary N) is 1.